The summed E-state index contributed by atoms with van der Waals surface area (Å²) >= 11 is 1.66. The minimum absolute atomic E-state index is 0.0324. The van der Waals surface area contributed by atoms with E-state index in [0.717, 1.165) is 18.5 Å². The number of thiophene rings is 1. The van der Waals surface area contributed by atoms with Gasteiger partial charge >= 0.3 is 6.03 Å². The summed E-state index contributed by atoms with van der Waals surface area (Å²) in [6.07, 6.45) is 1.67. The molecular formula is C19H23N3O2S. The molecule has 1 unspecified atom stereocenters. The molecule has 1 aliphatic rings. The molecule has 2 heterocycles. The Hall–Kier alpha value is -2.34. The Labute approximate surface area is 152 Å². The molecule has 5 nitrogen and oxygen atoms in total. The number of anilines is 1. The SMILES string of the molecule is Cc1ccsc1CNC(=O)C1CCCN(C(=O)Nc2ccccc2)C1. The molecule has 0 saturated carbocycles. The maximum absolute atomic E-state index is 12.5. The van der Waals surface area contributed by atoms with Crippen molar-refractivity contribution in [1.82, 2.24) is 10.2 Å². The monoisotopic (exact) mass is 357 g/mol. The number of rotatable bonds is 4. The standard InChI is InChI=1S/C19H23N3O2S/c1-14-9-11-25-17(14)12-20-18(23)15-6-5-10-22(13-15)19(24)21-16-7-3-2-4-8-16/h2-4,7-9,11,15H,5-6,10,12-13H2,1H3,(H,20,23)(H,21,24). The van der Waals surface area contributed by atoms with Crippen molar-refractivity contribution in [2.75, 3.05) is 18.4 Å². The number of nitrogens with zero attached hydrogens (tertiary/aromatic N) is 1. The van der Waals surface area contributed by atoms with E-state index in [9.17, 15) is 9.59 Å². The highest BCUT2D eigenvalue weighted by Gasteiger charge is 2.28. The minimum atomic E-state index is -0.143. The first-order valence-corrected chi connectivity index (χ1v) is 9.43. The fraction of sp³-hybridized carbons (Fsp3) is 0.368. The van der Waals surface area contributed by atoms with Gasteiger partial charge in [-0.15, -0.1) is 11.3 Å². The lowest BCUT2D eigenvalue weighted by molar-refractivity contribution is -0.126. The van der Waals surface area contributed by atoms with Crippen molar-refractivity contribution in [1.29, 1.82) is 0 Å². The number of nitrogens with one attached hydrogen (secondary N) is 2. The topological polar surface area (TPSA) is 61.4 Å². The van der Waals surface area contributed by atoms with Gasteiger partial charge in [-0.05, 0) is 48.9 Å². The molecule has 25 heavy (non-hydrogen) atoms. The summed E-state index contributed by atoms with van der Waals surface area (Å²) < 4.78 is 0. The van der Waals surface area contributed by atoms with Crippen LogP contribution < -0.4 is 10.6 Å². The summed E-state index contributed by atoms with van der Waals surface area (Å²) in [5.41, 5.74) is 1.98. The zero-order chi connectivity index (χ0) is 17.6. The van der Waals surface area contributed by atoms with Gasteiger partial charge < -0.3 is 15.5 Å². The Morgan fingerprint density at radius 1 is 1.24 bits per heavy atom. The number of aryl methyl sites for hydroxylation is 1. The van der Waals surface area contributed by atoms with Crippen LogP contribution in [0.25, 0.3) is 0 Å². The normalized spacial score (nSPS) is 17.2. The molecule has 0 radical (unpaired) electrons. The van der Waals surface area contributed by atoms with Crippen molar-refractivity contribution in [2.24, 2.45) is 5.92 Å². The number of amides is 3. The molecule has 6 heteroatoms. The van der Waals surface area contributed by atoms with Gasteiger partial charge in [-0.3, -0.25) is 4.79 Å². The Balaban J connectivity index is 1.52. The number of piperidine rings is 1. The average molecular weight is 357 g/mol. The first-order chi connectivity index (χ1) is 12.1. The third-order valence-corrected chi connectivity index (χ3v) is 5.52. The molecule has 1 aromatic carbocycles. The summed E-state index contributed by atoms with van der Waals surface area (Å²) in [7, 11) is 0. The molecule has 1 saturated heterocycles. The lowest BCUT2D eigenvalue weighted by Gasteiger charge is -2.32. The molecule has 1 aliphatic heterocycles. The highest BCUT2D eigenvalue weighted by atomic mass is 32.1. The molecule has 3 rings (SSSR count). The van der Waals surface area contributed by atoms with Gasteiger partial charge in [-0.2, -0.15) is 0 Å². The molecular weight excluding hydrogens is 334 g/mol. The zero-order valence-electron chi connectivity index (χ0n) is 14.3. The molecule has 2 aromatic rings. The molecule has 0 aliphatic carbocycles. The number of hydrogen-bond donors (Lipinski definition) is 2. The maximum Gasteiger partial charge on any atom is 0.321 e. The Kier molecular flexibility index (Phi) is 5.71. The number of urea groups is 1. The highest BCUT2D eigenvalue weighted by Crippen LogP contribution is 2.19. The van der Waals surface area contributed by atoms with Gasteiger partial charge in [0.15, 0.2) is 0 Å². The largest absolute Gasteiger partial charge is 0.351 e. The number of hydrogen-bond acceptors (Lipinski definition) is 3. The van der Waals surface area contributed by atoms with Crippen molar-refractivity contribution in [3.05, 3.63) is 52.2 Å². The fourth-order valence-corrected chi connectivity index (χ4v) is 3.84. The maximum atomic E-state index is 12.5. The molecule has 0 bridgehead atoms. The van der Waals surface area contributed by atoms with E-state index in [1.54, 1.807) is 16.2 Å². The van der Waals surface area contributed by atoms with Crippen LogP contribution in [0.3, 0.4) is 0 Å². The molecule has 3 amide bonds. The predicted molar refractivity (Wildman–Crippen MR) is 101 cm³/mol. The van der Waals surface area contributed by atoms with E-state index in [4.69, 9.17) is 0 Å². The molecule has 132 valence electrons. The summed E-state index contributed by atoms with van der Waals surface area (Å²) in [6, 6.07) is 11.3. The number of carbonyl (C=O) groups is 2. The van der Waals surface area contributed by atoms with E-state index >= 15 is 0 Å². The number of carbonyl (C=O) groups excluding carboxylic acids is 2. The third-order valence-electron chi connectivity index (χ3n) is 4.50. The van der Waals surface area contributed by atoms with Gasteiger partial charge in [-0.25, -0.2) is 4.79 Å². The summed E-state index contributed by atoms with van der Waals surface area (Å²) in [6.45, 7) is 3.77. The van der Waals surface area contributed by atoms with E-state index in [0.29, 0.717) is 19.6 Å². The highest BCUT2D eigenvalue weighted by molar-refractivity contribution is 7.10. The van der Waals surface area contributed by atoms with Crippen molar-refractivity contribution in [3.8, 4) is 0 Å². The predicted octanol–water partition coefficient (Wildman–Crippen LogP) is 3.62. The van der Waals surface area contributed by atoms with E-state index in [2.05, 4.69) is 16.7 Å². The van der Waals surface area contributed by atoms with Gasteiger partial charge in [0, 0.05) is 23.7 Å². The number of benzene rings is 1. The van der Waals surface area contributed by atoms with Crippen LogP contribution in [0.15, 0.2) is 41.8 Å². The molecule has 1 atom stereocenters. The van der Waals surface area contributed by atoms with E-state index in [1.807, 2.05) is 42.6 Å². The van der Waals surface area contributed by atoms with Gasteiger partial charge in [0.1, 0.15) is 0 Å². The first kappa shape index (κ1) is 17.5. The molecule has 1 fully saturated rings. The van der Waals surface area contributed by atoms with Crippen molar-refractivity contribution in [3.63, 3.8) is 0 Å². The van der Waals surface area contributed by atoms with Crippen LogP contribution in [0, 0.1) is 12.8 Å². The molecule has 0 spiro atoms. The van der Waals surface area contributed by atoms with Gasteiger partial charge in [-0.1, -0.05) is 18.2 Å². The second kappa shape index (κ2) is 8.16. The minimum Gasteiger partial charge on any atom is -0.351 e. The van der Waals surface area contributed by atoms with Gasteiger partial charge in [0.05, 0.1) is 12.5 Å². The summed E-state index contributed by atoms with van der Waals surface area (Å²) in [5, 5.41) is 7.94. The fourth-order valence-electron chi connectivity index (χ4n) is 3.00. The quantitative estimate of drug-likeness (QED) is 0.878. The van der Waals surface area contributed by atoms with Crippen LogP contribution in [0.2, 0.25) is 0 Å². The van der Waals surface area contributed by atoms with Crippen LogP contribution in [0.5, 0.6) is 0 Å². The lowest BCUT2D eigenvalue weighted by atomic mass is 9.97. The van der Waals surface area contributed by atoms with E-state index in [-0.39, 0.29) is 17.9 Å². The summed E-state index contributed by atoms with van der Waals surface area (Å²) in [4.78, 5) is 27.8. The lowest BCUT2D eigenvalue weighted by Crippen LogP contribution is -2.46. The van der Waals surface area contributed by atoms with E-state index in [1.165, 1.54) is 10.4 Å². The van der Waals surface area contributed by atoms with Crippen LogP contribution >= 0.6 is 11.3 Å². The van der Waals surface area contributed by atoms with Gasteiger partial charge in [0.2, 0.25) is 5.91 Å². The third kappa shape index (κ3) is 4.60. The van der Waals surface area contributed by atoms with Crippen LogP contribution in [0.1, 0.15) is 23.3 Å². The number of likely N-dealkylation sites (tertiary alicyclic amines) is 1. The smallest absolute Gasteiger partial charge is 0.321 e. The van der Waals surface area contributed by atoms with Crippen molar-refractivity contribution < 1.29 is 9.59 Å². The van der Waals surface area contributed by atoms with Crippen molar-refractivity contribution >= 4 is 29.0 Å². The second-order valence-electron chi connectivity index (χ2n) is 6.33. The second-order valence-corrected chi connectivity index (χ2v) is 7.33. The van der Waals surface area contributed by atoms with Crippen LogP contribution in [0.4, 0.5) is 10.5 Å². The summed E-state index contributed by atoms with van der Waals surface area (Å²) in [5.74, 6) is -0.111. The Morgan fingerprint density at radius 2 is 2.04 bits per heavy atom. The molecule has 1 aromatic heterocycles. The average Bonchev–Trinajstić information content (AvgIpc) is 3.05. The van der Waals surface area contributed by atoms with Crippen LogP contribution in [-0.4, -0.2) is 29.9 Å². The Morgan fingerprint density at radius 3 is 2.76 bits per heavy atom. The van der Waals surface area contributed by atoms with Crippen LogP contribution in [-0.2, 0) is 11.3 Å². The van der Waals surface area contributed by atoms with E-state index < -0.39 is 0 Å². The Bertz CT molecular complexity index is 729. The van der Waals surface area contributed by atoms with Crippen molar-refractivity contribution in [2.45, 2.75) is 26.3 Å². The van der Waals surface area contributed by atoms with Gasteiger partial charge in [0.25, 0.3) is 0 Å². The first-order valence-electron chi connectivity index (χ1n) is 8.55. The number of para-hydroxylation sites is 1. The zero-order valence-corrected chi connectivity index (χ0v) is 15.1. The molecule has 2 N–H and O–H groups in total.